The molecule has 0 saturated heterocycles. The average Bonchev–Trinajstić information content (AvgIpc) is 2.80. The van der Waals surface area contributed by atoms with Crippen LogP contribution in [0, 0.1) is 23.7 Å². The van der Waals surface area contributed by atoms with Gasteiger partial charge in [0.05, 0.1) is 12.0 Å². The van der Waals surface area contributed by atoms with Crippen molar-refractivity contribution in [3.8, 4) is 0 Å². The van der Waals surface area contributed by atoms with E-state index in [4.69, 9.17) is 5.73 Å². The van der Waals surface area contributed by atoms with E-state index in [0.29, 0.717) is 29.7 Å². The van der Waals surface area contributed by atoms with Gasteiger partial charge in [-0.1, -0.05) is 0 Å². The number of aliphatic hydroxyl groups is 1. The molecule has 2 saturated carbocycles. The van der Waals surface area contributed by atoms with Crippen molar-refractivity contribution in [3.63, 3.8) is 0 Å². The van der Waals surface area contributed by atoms with Crippen molar-refractivity contribution in [2.75, 3.05) is 38.4 Å². The Hall–Kier alpha value is -3.44. The summed E-state index contributed by atoms with van der Waals surface area (Å²) < 4.78 is 0. The highest BCUT2D eigenvalue weighted by Gasteiger charge is 2.69. The summed E-state index contributed by atoms with van der Waals surface area (Å²) in [7, 11) is 6.77. The van der Waals surface area contributed by atoms with E-state index in [-0.39, 0.29) is 18.7 Å². The number of amides is 2. The van der Waals surface area contributed by atoms with Gasteiger partial charge < -0.3 is 21.1 Å². The third-order valence-electron chi connectivity index (χ3n) is 8.53. The number of hydrogen-bond acceptors (Lipinski definition) is 9. The summed E-state index contributed by atoms with van der Waals surface area (Å²) in [6.45, 7) is 0. The van der Waals surface area contributed by atoms with E-state index in [2.05, 4.69) is 5.32 Å². The average molecular weight is 511 g/mol. The van der Waals surface area contributed by atoms with Crippen LogP contribution in [0.15, 0.2) is 6.07 Å². The van der Waals surface area contributed by atoms with E-state index >= 15 is 0 Å². The van der Waals surface area contributed by atoms with E-state index in [9.17, 15) is 33.9 Å². The first-order valence-electron chi connectivity index (χ1n) is 12.3. The number of ketones is 4. The lowest BCUT2D eigenvalue weighted by Crippen LogP contribution is -2.74. The van der Waals surface area contributed by atoms with E-state index in [1.165, 1.54) is 4.90 Å². The molecule has 6 atom stereocenters. The van der Waals surface area contributed by atoms with Crippen molar-refractivity contribution < 1.29 is 33.9 Å². The number of rotatable bonds is 3. The lowest BCUT2D eigenvalue weighted by molar-refractivity contribution is -0.181. The van der Waals surface area contributed by atoms with Crippen molar-refractivity contribution in [3.05, 3.63) is 22.8 Å². The minimum atomic E-state index is -2.69. The third-order valence-corrected chi connectivity index (χ3v) is 8.53. The largest absolute Gasteiger partial charge is 0.377 e. The van der Waals surface area contributed by atoms with Gasteiger partial charge in [0.25, 0.3) is 0 Å². The summed E-state index contributed by atoms with van der Waals surface area (Å²) in [5, 5.41) is 14.5. The molecule has 1 heterocycles. The molecule has 1 aromatic rings. The number of Topliss-reactive ketones (excluding diaryl/α,β-unsaturated/α-hetero) is 4. The summed E-state index contributed by atoms with van der Waals surface area (Å²) in [5.74, 6) is -9.86. The van der Waals surface area contributed by atoms with Gasteiger partial charge in [-0.15, -0.1) is 0 Å². The molecule has 2 fully saturated rings. The Morgan fingerprint density at radius 2 is 1.73 bits per heavy atom. The number of carbonyl (C=O) groups excluding carboxylic acids is 6. The molecule has 1 aliphatic heterocycles. The Bertz CT molecular complexity index is 1300. The van der Waals surface area contributed by atoms with Crippen molar-refractivity contribution in [1.29, 1.82) is 0 Å². The summed E-state index contributed by atoms with van der Waals surface area (Å²) >= 11 is 0. The summed E-state index contributed by atoms with van der Waals surface area (Å²) in [6, 6.07) is 0.724. The van der Waals surface area contributed by atoms with E-state index < -0.39 is 64.4 Å². The van der Waals surface area contributed by atoms with Crippen LogP contribution in [0.4, 0.5) is 11.4 Å². The van der Waals surface area contributed by atoms with Gasteiger partial charge >= 0.3 is 0 Å². The number of anilines is 2. The van der Waals surface area contributed by atoms with Crippen LogP contribution >= 0.6 is 0 Å². The minimum Gasteiger partial charge on any atom is -0.377 e. The normalized spacial score (nSPS) is 32.8. The lowest BCUT2D eigenvalue weighted by atomic mass is 9.52. The highest BCUT2D eigenvalue weighted by molar-refractivity contribution is 6.32. The molecule has 4 N–H and O–H groups in total. The summed E-state index contributed by atoms with van der Waals surface area (Å²) in [6.07, 6.45) is 0.889. The molecule has 196 valence electrons. The van der Waals surface area contributed by atoms with E-state index in [1.807, 2.05) is 25.1 Å². The molecule has 11 nitrogen and oxygen atoms in total. The van der Waals surface area contributed by atoms with Crippen LogP contribution in [0.3, 0.4) is 0 Å². The Morgan fingerprint density at radius 3 is 2.32 bits per heavy atom. The maximum atomic E-state index is 14.1. The second kappa shape index (κ2) is 8.29. The molecule has 2 amide bonds. The Balaban J connectivity index is 1.68. The SMILES string of the molecule is CN(C)c1cc2c(c3c1CC1C[C@H]4[C@H](N(C)C)C(=O)C(C(N)=O)C(=O)[C@@]4(O)C(=O)C1C3=O)CCC(=O)N2. The van der Waals surface area contributed by atoms with E-state index in [0.717, 1.165) is 11.3 Å². The Morgan fingerprint density at radius 1 is 1.05 bits per heavy atom. The first-order valence-corrected chi connectivity index (χ1v) is 12.3. The highest BCUT2D eigenvalue weighted by atomic mass is 16.3. The van der Waals surface area contributed by atoms with Crippen molar-refractivity contribution in [2.24, 2.45) is 29.4 Å². The lowest BCUT2D eigenvalue weighted by Gasteiger charge is -2.52. The monoisotopic (exact) mass is 510 g/mol. The van der Waals surface area contributed by atoms with Crippen LogP contribution in [0.25, 0.3) is 0 Å². The van der Waals surface area contributed by atoms with E-state index in [1.54, 1.807) is 14.1 Å². The molecular formula is C26H30N4O7. The molecule has 37 heavy (non-hydrogen) atoms. The van der Waals surface area contributed by atoms with Crippen LogP contribution in [0.2, 0.25) is 0 Å². The molecule has 0 bridgehead atoms. The maximum absolute atomic E-state index is 14.1. The van der Waals surface area contributed by atoms with Crippen LogP contribution in [-0.2, 0) is 36.8 Å². The zero-order valence-corrected chi connectivity index (χ0v) is 21.2. The van der Waals surface area contributed by atoms with Crippen molar-refractivity contribution >= 4 is 46.3 Å². The number of hydrogen-bond donors (Lipinski definition) is 3. The Labute approximate surface area is 213 Å². The molecule has 0 radical (unpaired) electrons. The van der Waals surface area contributed by atoms with Gasteiger partial charge in [0.1, 0.15) is 0 Å². The predicted octanol–water partition coefficient (Wildman–Crippen LogP) is -0.888. The molecule has 4 aliphatic rings. The minimum absolute atomic E-state index is 0.0601. The fraction of sp³-hybridized carbons (Fsp3) is 0.538. The molecule has 0 spiro atoms. The maximum Gasteiger partial charge on any atom is 0.235 e. The van der Waals surface area contributed by atoms with Gasteiger partial charge in [0.2, 0.25) is 11.8 Å². The molecule has 3 unspecified atom stereocenters. The topological polar surface area (TPSA) is 167 Å². The van der Waals surface area contributed by atoms with Gasteiger partial charge in [-0.25, -0.2) is 0 Å². The second-order valence-electron chi connectivity index (χ2n) is 11.0. The molecule has 5 rings (SSSR count). The number of benzene rings is 1. The first-order chi connectivity index (χ1) is 17.3. The quantitative estimate of drug-likeness (QED) is 0.437. The van der Waals surface area contributed by atoms with Crippen molar-refractivity contribution in [2.45, 2.75) is 37.3 Å². The summed E-state index contributed by atoms with van der Waals surface area (Å²) in [4.78, 5) is 82.1. The van der Waals surface area contributed by atoms with Crippen LogP contribution in [0.1, 0.15) is 34.3 Å². The smallest absolute Gasteiger partial charge is 0.235 e. The van der Waals surface area contributed by atoms with Gasteiger partial charge in [-0.2, -0.15) is 0 Å². The van der Waals surface area contributed by atoms with Crippen LogP contribution < -0.4 is 16.0 Å². The zero-order valence-electron chi connectivity index (χ0n) is 21.2. The van der Waals surface area contributed by atoms with Crippen LogP contribution in [-0.4, -0.2) is 84.8 Å². The number of nitrogens with zero attached hydrogens (tertiary/aromatic N) is 2. The molecule has 3 aliphatic carbocycles. The molecular weight excluding hydrogens is 480 g/mol. The number of fused-ring (bicyclic) bond motifs is 5. The summed E-state index contributed by atoms with van der Waals surface area (Å²) in [5.41, 5.74) is 5.63. The Kier molecular flexibility index (Phi) is 5.65. The van der Waals surface area contributed by atoms with Gasteiger partial charge in [0.15, 0.2) is 34.7 Å². The second-order valence-corrected chi connectivity index (χ2v) is 11.0. The molecule has 0 aromatic heterocycles. The number of nitrogens with one attached hydrogen (secondary N) is 1. The zero-order chi connectivity index (χ0) is 27.1. The van der Waals surface area contributed by atoms with Crippen LogP contribution in [0.5, 0.6) is 0 Å². The number of carbonyl (C=O) groups is 6. The number of likely N-dealkylation sites (N-methyl/N-ethyl adjacent to an activating group) is 1. The first kappa shape index (κ1) is 25.2. The standard InChI is InChI=1S/C26H30N4O7/c1-29(2)15-9-14-11(5-6-16(31)28-14)18-12(15)7-10-8-13-20(30(3)4)22(33)19(25(27)36)24(35)26(13,37)23(34)17(10)21(18)32/h9-10,13,17,19-20,37H,5-8H2,1-4H3,(H2,27,36)(H,28,31)/t10?,13-,17?,19?,20-,26-/m0/s1. The van der Waals surface area contributed by atoms with Crippen molar-refractivity contribution in [1.82, 2.24) is 4.90 Å². The molecule has 1 aromatic carbocycles. The van der Waals surface area contributed by atoms with Gasteiger partial charge in [0, 0.05) is 43.4 Å². The predicted molar refractivity (Wildman–Crippen MR) is 131 cm³/mol. The third kappa shape index (κ3) is 3.33. The molecule has 11 heteroatoms. The number of nitrogens with two attached hydrogens (primary N) is 1. The number of primary amides is 1. The van der Waals surface area contributed by atoms with Gasteiger partial charge in [-0.05, 0) is 56.5 Å². The van der Waals surface area contributed by atoms with Gasteiger partial charge in [-0.3, -0.25) is 33.7 Å². The fourth-order valence-corrected chi connectivity index (χ4v) is 6.96. The highest BCUT2D eigenvalue weighted by Crippen LogP contribution is 2.52. The fourth-order valence-electron chi connectivity index (χ4n) is 6.96.